The molecule has 2 rings (SSSR count). The van der Waals surface area contributed by atoms with Crippen LogP contribution in [0.1, 0.15) is 11.7 Å². The molecular weight excluding hydrogens is 292 g/mol. The van der Waals surface area contributed by atoms with Gasteiger partial charge in [0.15, 0.2) is 0 Å². The van der Waals surface area contributed by atoms with Crippen molar-refractivity contribution in [2.75, 3.05) is 11.3 Å². The molecule has 112 valence electrons. The van der Waals surface area contributed by atoms with Gasteiger partial charge in [-0.1, -0.05) is 24.3 Å². The van der Waals surface area contributed by atoms with Gasteiger partial charge in [-0.15, -0.1) is 0 Å². The normalized spacial score (nSPS) is 12.9. The van der Waals surface area contributed by atoms with Crippen molar-refractivity contribution in [2.24, 2.45) is 5.73 Å². The van der Waals surface area contributed by atoms with E-state index in [9.17, 15) is 18.6 Å². The number of nitrogens with two attached hydrogens (primary N) is 1. The number of aromatic hydroxyl groups is 1. The fourth-order valence-corrected chi connectivity index (χ4v) is 2.87. The molecule has 0 radical (unpaired) electrons. The molecule has 0 spiro atoms. The van der Waals surface area contributed by atoms with Crippen LogP contribution in [0.3, 0.4) is 0 Å². The molecule has 0 saturated carbocycles. The number of aliphatic hydroxyl groups excluding tert-OH is 1. The van der Waals surface area contributed by atoms with E-state index in [1.165, 1.54) is 30.3 Å². The second kappa shape index (κ2) is 6.13. The zero-order chi connectivity index (χ0) is 15.5. The molecule has 5 N–H and O–H groups in total. The highest BCUT2D eigenvalue weighted by Crippen LogP contribution is 2.29. The van der Waals surface area contributed by atoms with Crippen molar-refractivity contribution >= 4 is 15.7 Å². The molecule has 0 unspecified atom stereocenters. The van der Waals surface area contributed by atoms with Crippen LogP contribution in [-0.2, 0) is 10.0 Å². The van der Waals surface area contributed by atoms with Crippen LogP contribution in [-0.4, -0.2) is 25.2 Å². The van der Waals surface area contributed by atoms with E-state index in [1.54, 1.807) is 18.2 Å². The average molecular weight is 308 g/mol. The summed E-state index contributed by atoms with van der Waals surface area (Å²) < 4.78 is 26.7. The molecule has 0 aliphatic carbocycles. The molecule has 0 saturated heterocycles. The van der Waals surface area contributed by atoms with Gasteiger partial charge in [0.1, 0.15) is 5.75 Å². The Labute approximate surface area is 122 Å². The van der Waals surface area contributed by atoms with E-state index >= 15 is 0 Å². The van der Waals surface area contributed by atoms with E-state index in [-0.39, 0.29) is 22.9 Å². The lowest BCUT2D eigenvalue weighted by Crippen LogP contribution is -2.15. The van der Waals surface area contributed by atoms with Crippen molar-refractivity contribution in [3.8, 4) is 5.75 Å². The van der Waals surface area contributed by atoms with E-state index in [2.05, 4.69) is 4.72 Å². The van der Waals surface area contributed by atoms with Gasteiger partial charge in [-0.3, -0.25) is 4.72 Å². The summed E-state index contributed by atoms with van der Waals surface area (Å²) in [5.41, 5.74) is 5.77. The summed E-state index contributed by atoms with van der Waals surface area (Å²) in [7, 11) is -3.81. The zero-order valence-electron chi connectivity index (χ0n) is 11.1. The standard InChI is InChI=1S/C14H16N2O4S/c15-9-14(18)10-6-7-13(17)12(8-10)16-21(19,20)11-4-2-1-3-5-11/h1-8,14,16-18H,9,15H2/t14-/m0/s1. The highest BCUT2D eigenvalue weighted by atomic mass is 32.2. The molecule has 2 aromatic carbocycles. The predicted octanol–water partition coefficient (Wildman–Crippen LogP) is 1.19. The van der Waals surface area contributed by atoms with E-state index < -0.39 is 16.1 Å². The maximum atomic E-state index is 12.2. The fourth-order valence-electron chi connectivity index (χ4n) is 1.78. The van der Waals surface area contributed by atoms with Gasteiger partial charge < -0.3 is 15.9 Å². The molecule has 21 heavy (non-hydrogen) atoms. The van der Waals surface area contributed by atoms with Crippen LogP contribution in [0.5, 0.6) is 5.75 Å². The first-order valence-electron chi connectivity index (χ1n) is 6.23. The molecule has 0 aliphatic heterocycles. The SMILES string of the molecule is NC[C@H](O)c1ccc(O)c(NS(=O)(=O)c2ccccc2)c1. The van der Waals surface area contributed by atoms with Gasteiger partial charge in [0, 0.05) is 6.54 Å². The number of hydrogen-bond donors (Lipinski definition) is 4. The van der Waals surface area contributed by atoms with E-state index in [0.29, 0.717) is 5.56 Å². The Morgan fingerprint density at radius 3 is 2.43 bits per heavy atom. The van der Waals surface area contributed by atoms with Crippen molar-refractivity contribution in [1.29, 1.82) is 0 Å². The molecular formula is C14H16N2O4S. The second-order valence-electron chi connectivity index (χ2n) is 4.45. The minimum Gasteiger partial charge on any atom is -0.506 e. The number of hydrogen-bond acceptors (Lipinski definition) is 5. The molecule has 1 atom stereocenters. The summed E-state index contributed by atoms with van der Waals surface area (Å²) in [5.74, 6) is -0.234. The summed E-state index contributed by atoms with van der Waals surface area (Å²) in [5, 5.41) is 19.4. The summed E-state index contributed by atoms with van der Waals surface area (Å²) in [6, 6.07) is 11.9. The number of phenolic OH excluding ortho intramolecular Hbond substituents is 1. The molecule has 7 heteroatoms. The summed E-state index contributed by atoms with van der Waals surface area (Å²) >= 11 is 0. The van der Waals surface area contributed by atoms with Gasteiger partial charge in [-0.2, -0.15) is 0 Å². The number of sulfonamides is 1. The third-order valence-corrected chi connectivity index (χ3v) is 4.31. The smallest absolute Gasteiger partial charge is 0.262 e. The predicted molar refractivity (Wildman–Crippen MR) is 79.4 cm³/mol. The van der Waals surface area contributed by atoms with Crippen LogP contribution in [0.4, 0.5) is 5.69 Å². The highest BCUT2D eigenvalue weighted by Gasteiger charge is 2.17. The van der Waals surface area contributed by atoms with E-state index in [1.807, 2.05) is 0 Å². The number of rotatable bonds is 5. The average Bonchev–Trinajstić information content (AvgIpc) is 2.49. The Balaban J connectivity index is 2.35. The van der Waals surface area contributed by atoms with Gasteiger partial charge in [-0.05, 0) is 29.8 Å². The number of anilines is 1. The Bertz CT molecular complexity index is 717. The van der Waals surface area contributed by atoms with Gasteiger partial charge >= 0.3 is 0 Å². The van der Waals surface area contributed by atoms with Crippen molar-refractivity contribution in [3.05, 3.63) is 54.1 Å². The molecule has 0 aliphatic rings. The molecule has 0 heterocycles. The van der Waals surface area contributed by atoms with Gasteiger partial charge in [0.2, 0.25) is 0 Å². The van der Waals surface area contributed by atoms with E-state index in [0.717, 1.165) is 0 Å². The number of benzene rings is 2. The van der Waals surface area contributed by atoms with Crippen LogP contribution in [0.15, 0.2) is 53.4 Å². The summed E-state index contributed by atoms with van der Waals surface area (Å²) in [6.45, 7) is -0.00431. The minimum atomic E-state index is -3.81. The van der Waals surface area contributed by atoms with Crippen LogP contribution in [0, 0.1) is 0 Å². The number of phenols is 1. The topological polar surface area (TPSA) is 113 Å². The van der Waals surface area contributed by atoms with E-state index in [4.69, 9.17) is 5.73 Å². The Morgan fingerprint density at radius 1 is 1.14 bits per heavy atom. The lowest BCUT2D eigenvalue weighted by Gasteiger charge is -2.13. The minimum absolute atomic E-state index is 0.00431. The van der Waals surface area contributed by atoms with Crippen molar-refractivity contribution in [3.63, 3.8) is 0 Å². The fraction of sp³-hybridized carbons (Fsp3) is 0.143. The number of nitrogens with one attached hydrogen (secondary N) is 1. The molecule has 0 amide bonds. The largest absolute Gasteiger partial charge is 0.506 e. The zero-order valence-corrected chi connectivity index (χ0v) is 11.9. The van der Waals surface area contributed by atoms with Crippen molar-refractivity contribution < 1.29 is 18.6 Å². The quantitative estimate of drug-likeness (QED) is 0.620. The first-order valence-corrected chi connectivity index (χ1v) is 7.71. The maximum Gasteiger partial charge on any atom is 0.262 e. The molecule has 0 bridgehead atoms. The molecule has 0 aromatic heterocycles. The lowest BCUT2D eigenvalue weighted by atomic mass is 10.1. The van der Waals surface area contributed by atoms with Crippen LogP contribution < -0.4 is 10.5 Å². The summed E-state index contributed by atoms with van der Waals surface area (Å²) in [6.07, 6.45) is -0.925. The van der Waals surface area contributed by atoms with Gasteiger partial charge in [0.05, 0.1) is 16.7 Å². The summed E-state index contributed by atoms with van der Waals surface area (Å²) in [4.78, 5) is 0.0779. The molecule has 0 fully saturated rings. The van der Waals surface area contributed by atoms with Crippen LogP contribution in [0.25, 0.3) is 0 Å². The Hall–Kier alpha value is -2.09. The third-order valence-electron chi connectivity index (χ3n) is 2.93. The first kappa shape index (κ1) is 15.3. The molecule has 6 nitrogen and oxygen atoms in total. The second-order valence-corrected chi connectivity index (χ2v) is 6.13. The third kappa shape index (κ3) is 3.52. The highest BCUT2D eigenvalue weighted by molar-refractivity contribution is 7.92. The first-order chi connectivity index (χ1) is 9.94. The lowest BCUT2D eigenvalue weighted by molar-refractivity contribution is 0.186. The van der Waals surface area contributed by atoms with Crippen LogP contribution >= 0.6 is 0 Å². The van der Waals surface area contributed by atoms with Gasteiger partial charge in [-0.25, -0.2) is 8.42 Å². The van der Waals surface area contributed by atoms with Crippen molar-refractivity contribution in [2.45, 2.75) is 11.0 Å². The number of aliphatic hydroxyl groups is 1. The Morgan fingerprint density at radius 2 is 1.81 bits per heavy atom. The van der Waals surface area contributed by atoms with Crippen LogP contribution in [0.2, 0.25) is 0 Å². The molecule has 2 aromatic rings. The monoisotopic (exact) mass is 308 g/mol. The van der Waals surface area contributed by atoms with Crippen molar-refractivity contribution in [1.82, 2.24) is 0 Å². The maximum absolute atomic E-state index is 12.2. The Kier molecular flexibility index (Phi) is 4.46. The van der Waals surface area contributed by atoms with Gasteiger partial charge in [0.25, 0.3) is 10.0 Å².